The summed E-state index contributed by atoms with van der Waals surface area (Å²) in [6.45, 7) is 1.70. The molecule has 3 rings (SSSR count). The summed E-state index contributed by atoms with van der Waals surface area (Å²) >= 11 is 1.28. The standard InChI is InChI=1S/C12H12N4O3S/c1-6-9(12(17)18)11(16-10(15-6)7-2-3-7)20-4-8-13-5-14-19-8/h5,7H,2-4H2,1H3,(H,17,18). The van der Waals surface area contributed by atoms with Crippen molar-refractivity contribution in [1.82, 2.24) is 20.1 Å². The van der Waals surface area contributed by atoms with E-state index in [1.807, 2.05) is 0 Å². The van der Waals surface area contributed by atoms with Crippen molar-refractivity contribution in [3.63, 3.8) is 0 Å². The van der Waals surface area contributed by atoms with Crippen LogP contribution < -0.4 is 0 Å². The van der Waals surface area contributed by atoms with Gasteiger partial charge in [-0.2, -0.15) is 4.98 Å². The van der Waals surface area contributed by atoms with Crippen molar-refractivity contribution in [2.24, 2.45) is 0 Å². The smallest absolute Gasteiger partial charge is 0.340 e. The Bertz CT molecular complexity index is 640. The van der Waals surface area contributed by atoms with E-state index in [-0.39, 0.29) is 5.56 Å². The number of nitrogens with zero attached hydrogens (tertiary/aromatic N) is 4. The first kappa shape index (κ1) is 13.0. The van der Waals surface area contributed by atoms with Crippen molar-refractivity contribution < 1.29 is 14.4 Å². The van der Waals surface area contributed by atoms with Gasteiger partial charge in [0.2, 0.25) is 5.89 Å². The number of carboxylic acid groups (broad SMARTS) is 1. The molecule has 0 aliphatic heterocycles. The predicted octanol–water partition coefficient (Wildman–Crippen LogP) is 2.04. The fraction of sp³-hybridized carbons (Fsp3) is 0.417. The highest BCUT2D eigenvalue weighted by Gasteiger charge is 2.29. The molecule has 8 heteroatoms. The number of aromatic nitrogens is 4. The maximum Gasteiger partial charge on any atom is 0.340 e. The Labute approximate surface area is 118 Å². The number of hydrogen-bond acceptors (Lipinski definition) is 7. The highest BCUT2D eigenvalue weighted by atomic mass is 32.2. The number of thioether (sulfide) groups is 1. The van der Waals surface area contributed by atoms with E-state index < -0.39 is 5.97 Å². The van der Waals surface area contributed by atoms with Crippen LogP contribution in [0.25, 0.3) is 0 Å². The van der Waals surface area contributed by atoms with E-state index in [1.54, 1.807) is 6.92 Å². The van der Waals surface area contributed by atoms with E-state index in [9.17, 15) is 9.90 Å². The van der Waals surface area contributed by atoms with Gasteiger partial charge in [-0.15, -0.1) is 0 Å². The molecule has 1 N–H and O–H groups in total. The quantitative estimate of drug-likeness (QED) is 0.659. The number of carboxylic acids is 1. The first-order valence-electron chi connectivity index (χ1n) is 6.15. The fourth-order valence-electron chi connectivity index (χ4n) is 1.83. The molecule has 1 aliphatic rings. The Morgan fingerprint density at radius 3 is 2.90 bits per heavy atom. The summed E-state index contributed by atoms with van der Waals surface area (Å²) in [4.78, 5) is 24.0. The summed E-state index contributed by atoms with van der Waals surface area (Å²) in [5.74, 6) is 0.925. The van der Waals surface area contributed by atoms with E-state index in [4.69, 9.17) is 4.52 Å². The molecular formula is C12H12N4O3S. The van der Waals surface area contributed by atoms with Crippen molar-refractivity contribution in [3.05, 3.63) is 29.3 Å². The van der Waals surface area contributed by atoms with Gasteiger partial charge in [0.25, 0.3) is 0 Å². The molecule has 104 valence electrons. The lowest BCUT2D eigenvalue weighted by Gasteiger charge is -2.08. The maximum atomic E-state index is 11.4. The number of hydrogen-bond donors (Lipinski definition) is 1. The first-order valence-corrected chi connectivity index (χ1v) is 7.14. The molecule has 0 radical (unpaired) electrons. The zero-order valence-electron chi connectivity index (χ0n) is 10.7. The van der Waals surface area contributed by atoms with Crippen molar-refractivity contribution >= 4 is 17.7 Å². The summed E-state index contributed by atoms with van der Waals surface area (Å²) in [5.41, 5.74) is 0.654. The third-order valence-electron chi connectivity index (χ3n) is 2.97. The van der Waals surface area contributed by atoms with Crippen molar-refractivity contribution in [1.29, 1.82) is 0 Å². The Morgan fingerprint density at radius 2 is 2.30 bits per heavy atom. The minimum absolute atomic E-state index is 0.152. The average Bonchev–Trinajstić information content (AvgIpc) is 3.12. The second kappa shape index (κ2) is 5.20. The van der Waals surface area contributed by atoms with Crippen LogP contribution in [0.1, 0.15) is 46.5 Å². The third-order valence-corrected chi connectivity index (χ3v) is 3.93. The largest absolute Gasteiger partial charge is 0.478 e. The highest BCUT2D eigenvalue weighted by molar-refractivity contribution is 7.98. The molecule has 0 aromatic carbocycles. The Hall–Kier alpha value is -1.96. The van der Waals surface area contributed by atoms with E-state index in [0.717, 1.165) is 18.7 Å². The molecule has 0 spiro atoms. The van der Waals surface area contributed by atoms with Crippen LogP contribution in [0.3, 0.4) is 0 Å². The normalized spacial score (nSPS) is 14.4. The third kappa shape index (κ3) is 2.64. The van der Waals surface area contributed by atoms with E-state index in [1.165, 1.54) is 18.1 Å². The molecule has 2 aromatic heterocycles. The van der Waals surface area contributed by atoms with Gasteiger partial charge in [0.15, 0.2) is 6.33 Å². The summed E-state index contributed by atoms with van der Waals surface area (Å²) in [6, 6.07) is 0. The minimum Gasteiger partial charge on any atom is -0.478 e. The molecule has 2 heterocycles. The van der Waals surface area contributed by atoms with Crippen LogP contribution in [-0.4, -0.2) is 31.2 Å². The molecule has 7 nitrogen and oxygen atoms in total. The lowest BCUT2D eigenvalue weighted by atomic mass is 10.2. The fourth-order valence-corrected chi connectivity index (χ4v) is 2.76. The second-order valence-corrected chi connectivity index (χ2v) is 5.51. The van der Waals surface area contributed by atoms with E-state index >= 15 is 0 Å². The van der Waals surface area contributed by atoms with Crippen LogP contribution in [-0.2, 0) is 5.75 Å². The Balaban J connectivity index is 1.91. The summed E-state index contributed by atoms with van der Waals surface area (Å²) in [7, 11) is 0. The van der Waals surface area contributed by atoms with Gasteiger partial charge in [0, 0.05) is 5.92 Å². The lowest BCUT2D eigenvalue weighted by molar-refractivity contribution is 0.0690. The van der Waals surface area contributed by atoms with Crippen LogP contribution in [0.5, 0.6) is 0 Å². The molecule has 0 saturated heterocycles. The lowest BCUT2D eigenvalue weighted by Crippen LogP contribution is -2.09. The van der Waals surface area contributed by atoms with Crippen LogP contribution in [0, 0.1) is 6.92 Å². The second-order valence-electron chi connectivity index (χ2n) is 4.55. The number of aromatic carboxylic acids is 1. The minimum atomic E-state index is -1.02. The summed E-state index contributed by atoms with van der Waals surface area (Å²) < 4.78 is 4.90. The topological polar surface area (TPSA) is 102 Å². The Morgan fingerprint density at radius 1 is 1.50 bits per heavy atom. The van der Waals surface area contributed by atoms with Crippen LogP contribution >= 0.6 is 11.8 Å². The van der Waals surface area contributed by atoms with Gasteiger partial charge < -0.3 is 9.63 Å². The van der Waals surface area contributed by atoms with Gasteiger partial charge in [-0.05, 0) is 19.8 Å². The molecule has 0 bridgehead atoms. The number of carbonyl (C=O) groups is 1. The van der Waals surface area contributed by atoms with Gasteiger partial charge in [-0.1, -0.05) is 16.9 Å². The molecule has 2 aromatic rings. The highest BCUT2D eigenvalue weighted by Crippen LogP contribution is 2.39. The van der Waals surface area contributed by atoms with Gasteiger partial charge in [0.1, 0.15) is 16.4 Å². The van der Waals surface area contributed by atoms with E-state index in [0.29, 0.717) is 28.3 Å². The molecule has 20 heavy (non-hydrogen) atoms. The van der Waals surface area contributed by atoms with Crippen molar-refractivity contribution in [2.45, 2.75) is 36.5 Å². The van der Waals surface area contributed by atoms with Crippen LogP contribution in [0.4, 0.5) is 0 Å². The Kier molecular flexibility index (Phi) is 3.39. The average molecular weight is 292 g/mol. The van der Waals surface area contributed by atoms with Crippen molar-refractivity contribution in [2.75, 3.05) is 0 Å². The monoisotopic (exact) mass is 292 g/mol. The zero-order valence-corrected chi connectivity index (χ0v) is 11.6. The molecule has 0 atom stereocenters. The van der Waals surface area contributed by atoms with Crippen LogP contribution in [0.15, 0.2) is 15.9 Å². The molecule has 0 amide bonds. The molecular weight excluding hydrogens is 280 g/mol. The van der Waals surface area contributed by atoms with E-state index in [2.05, 4.69) is 20.1 Å². The van der Waals surface area contributed by atoms with Gasteiger partial charge in [0.05, 0.1) is 11.4 Å². The molecule has 1 fully saturated rings. The first-order chi connectivity index (χ1) is 9.65. The number of rotatable bonds is 5. The molecule has 1 saturated carbocycles. The predicted molar refractivity (Wildman–Crippen MR) is 69.6 cm³/mol. The molecule has 1 aliphatic carbocycles. The molecule has 0 unspecified atom stereocenters. The summed E-state index contributed by atoms with van der Waals surface area (Å²) in [6.07, 6.45) is 3.45. The zero-order chi connectivity index (χ0) is 14.1. The van der Waals surface area contributed by atoms with Crippen molar-refractivity contribution in [3.8, 4) is 0 Å². The SMILES string of the molecule is Cc1nc(C2CC2)nc(SCc2ncno2)c1C(=O)O. The van der Waals surface area contributed by atoms with Gasteiger partial charge >= 0.3 is 5.97 Å². The van der Waals surface area contributed by atoms with Crippen LogP contribution in [0.2, 0.25) is 0 Å². The number of aryl methyl sites for hydroxylation is 1. The maximum absolute atomic E-state index is 11.4. The van der Waals surface area contributed by atoms with Gasteiger partial charge in [-0.25, -0.2) is 14.8 Å². The summed E-state index contributed by atoms with van der Waals surface area (Å²) in [5, 5.41) is 13.3. The van der Waals surface area contributed by atoms with Gasteiger partial charge in [-0.3, -0.25) is 0 Å².